The minimum Gasteiger partial charge on any atom is -0.496 e. The molecule has 0 aliphatic rings. The number of nitrogens with two attached hydrogens (primary N) is 1. The molecule has 0 spiro atoms. The van der Waals surface area contributed by atoms with Crippen LogP contribution in [0.15, 0.2) is 12.1 Å². The lowest BCUT2D eigenvalue weighted by Crippen LogP contribution is -2.27. The second-order valence-corrected chi connectivity index (χ2v) is 4.00. The van der Waals surface area contributed by atoms with E-state index >= 15 is 0 Å². The molecular weight excluding hydrogens is 230 g/mol. The van der Waals surface area contributed by atoms with E-state index in [-0.39, 0.29) is 6.54 Å². The third-order valence-corrected chi connectivity index (χ3v) is 2.84. The van der Waals surface area contributed by atoms with Crippen LogP contribution in [-0.2, 0) is 0 Å². The minimum atomic E-state index is -1.10. The largest absolute Gasteiger partial charge is 0.496 e. The maximum atomic E-state index is 9.85. The van der Waals surface area contributed by atoms with E-state index in [0.717, 1.165) is 5.56 Å². The number of hydrogen-bond donors (Lipinski definition) is 3. The molecular formula is C11H16ClNO3. The molecule has 0 aliphatic carbocycles. The molecule has 0 amide bonds. The van der Waals surface area contributed by atoms with Crippen molar-refractivity contribution in [2.24, 2.45) is 5.73 Å². The molecule has 16 heavy (non-hydrogen) atoms. The fraction of sp³-hybridized carbons (Fsp3) is 0.455. The average molecular weight is 246 g/mol. The van der Waals surface area contributed by atoms with Crippen LogP contribution in [0.3, 0.4) is 0 Å². The Kier molecular flexibility index (Phi) is 4.56. The summed E-state index contributed by atoms with van der Waals surface area (Å²) in [6.45, 7) is 1.80. The van der Waals surface area contributed by atoms with Gasteiger partial charge in [-0.15, -0.1) is 0 Å². The minimum absolute atomic E-state index is 0.0319. The van der Waals surface area contributed by atoms with Gasteiger partial charge in [-0.05, 0) is 24.6 Å². The molecule has 2 unspecified atom stereocenters. The van der Waals surface area contributed by atoms with E-state index in [0.29, 0.717) is 16.3 Å². The molecule has 4 nitrogen and oxygen atoms in total. The van der Waals surface area contributed by atoms with Gasteiger partial charge < -0.3 is 20.7 Å². The highest BCUT2D eigenvalue weighted by atomic mass is 35.5. The fourth-order valence-corrected chi connectivity index (χ4v) is 1.59. The van der Waals surface area contributed by atoms with Gasteiger partial charge in [-0.3, -0.25) is 0 Å². The van der Waals surface area contributed by atoms with Gasteiger partial charge in [-0.1, -0.05) is 11.6 Å². The molecule has 0 saturated heterocycles. The van der Waals surface area contributed by atoms with Crippen LogP contribution in [0.1, 0.15) is 17.2 Å². The molecule has 0 saturated carbocycles. The van der Waals surface area contributed by atoms with Crippen molar-refractivity contribution in [1.29, 1.82) is 0 Å². The zero-order valence-electron chi connectivity index (χ0n) is 9.27. The first-order chi connectivity index (χ1) is 7.51. The third-order valence-electron chi connectivity index (χ3n) is 2.44. The maximum absolute atomic E-state index is 9.85. The second-order valence-electron chi connectivity index (χ2n) is 3.59. The summed E-state index contributed by atoms with van der Waals surface area (Å²) in [4.78, 5) is 0. The number of aryl methyl sites for hydroxylation is 1. The van der Waals surface area contributed by atoms with E-state index in [1.807, 2.05) is 6.92 Å². The summed E-state index contributed by atoms with van der Waals surface area (Å²) in [6, 6.07) is 3.30. The summed E-state index contributed by atoms with van der Waals surface area (Å²) in [6.07, 6.45) is -2.13. The lowest BCUT2D eigenvalue weighted by atomic mass is 10.0. The van der Waals surface area contributed by atoms with Crippen LogP contribution in [0.2, 0.25) is 5.02 Å². The van der Waals surface area contributed by atoms with Crippen molar-refractivity contribution in [2.75, 3.05) is 13.7 Å². The number of aliphatic hydroxyl groups is 2. The van der Waals surface area contributed by atoms with E-state index in [2.05, 4.69) is 0 Å². The van der Waals surface area contributed by atoms with Crippen LogP contribution in [0.25, 0.3) is 0 Å². The molecule has 2 atom stereocenters. The van der Waals surface area contributed by atoms with E-state index in [1.165, 1.54) is 7.11 Å². The van der Waals surface area contributed by atoms with Crippen LogP contribution < -0.4 is 10.5 Å². The molecule has 0 bridgehead atoms. The van der Waals surface area contributed by atoms with Crippen molar-refractivity contribution < 1.29 is 14.9 Å². The van der Waals surface area contributed by atoms with Gasteiger partial charge in [-0.25, -0.2) is 0 Å². The summed E-state index contributed by atoms with van der Waals surface area (Å²) in [5, 5.41) is 19.8. The highest BCUT2D eigenvalue weighted by molar-refractivity contribution is 6.31. The highest BCUT2D eigenvalue weighted by Gasteiger charge is 2.21. The summed E-state index contributed by atoms with van der Waals surface area (Å²) in [5.41, 5.74) is 6.57. The Morgan fingerprint density at radius 1 is 1.44 bits per heavy atom. The summed E-state index contributed by atoms with van der Waals surface area (Å²) < 4.78 is 5.13. The SMILES string of the molecule is COc1cc(C)c(Cl)cc1C(O)C(O)CN. The van der Waals surface area contributed by atoms with Gasteiger partial charge in [0.1, 0.15) is 11.9 Å². The number of hydrogen-bond acceptors (Lipinski definition) is 4. The van der Waals surface area contributed by atoms with E-state index in [1.54, 1.807) is 12.1 Å². The van der Waals surface area contributed by atoms with Gasteiger partial charge in [0.25, 0.3) is 0 Å². The molecule has 90 valence electrons. The molecule has 5 heteroatoms. The molecule has 0 fully saturated rings. The molecule has 0 aromatic heterocycles. The van der Waals surface area contributed by atoms with Crippen molar-refractivity contribution in [1.82, 2.24) is 0 Å². The number of ether oxygens (including phenoxy) is 1. The van der Waals surface area contributed by atoms with Gasteiger partial charge >= 0.3 is 0 Å². The fourth-order valence-electron chi connectivity index (χ4n) is 1.41. The Bertz CT molecular complexity index is 370. The summed E-state index contributed by atoms with van der Waals surface area (Å²) in [7, 11) is 1.49. The molecule has 1 aromatic rings. The van der Waals surface area contributed by atoms with Gasteiger partial charge in [0, 0.05) is 17.1 Å². The third kappa shape index (κ3) is 2.65. The Balaban J connectivity index is 3.16. The predicted octanol–water partition coefficient (Wildman–Crippen LogP) is 1.01. The quantitative estimate of drug-likeness (QED) is 0.740. The molecule has 0 heterocycles. The number of benzene rings is 1. The van der Waals surface area contributed by atoms with E-state index < -0.39 is 12.2 Å². The van der Waals surface area contributed by atoms with Crippen molar-refractivity contribution in [3.05, 3.63) is 28.3 Å². The van der Waals surface area contributed by atoms with Crippen LogP contribution >= 0.6 is 11.6 Å². The summed E-state index contributed by atoms with van der Waals surface area (Å²) in [5.74, 6) is 0.488. The van der Waals surface area contributed by atoms with Gasteiger partial charge in [0.05, 0.1) is 13.2 Å². The van der Waals surface area contributed by atoms with Gasteiger partial charge in [0.15, 0.2) is 0 Å². The zero-order valence-corrected chi connectivity index (χ0v) is 10.0. The normalized spacial score (nSPS) is 14.6. The smallest absolute Gasteiger partial charge is 0.125 e. The summed E-state index contributed by atoms with van der Waals surface area (Å²) >= 11 is 5.96. The van der Waals surface area contributed by atoms with Crippen LogP contribution in [0.4, 0.5) is 0 Å². The van der Waals surface area contributed by atoms with E-state index in [9.17, 15) is 10.2 Å². The molecule has 4 N–H and O–H groups in total. The molecule has 1 rings (SSSR count). The lowest BCUT2D eigenvalue weighted by Gasteiger charge is -2.19. The van der Waals surface area contributed by atoms with Crippen LogP contribution in [-0.4, -0.2) is 30.0 Å². The second kappa shape index (κ2) is 5.50. The Morgan fingerprint density at radius 2 is 2.06 bits per heavy atom. The van der Waals surface area contributed by atoms with Gasteiger partial charge in [-0.2, -0.15) is 0 Å². The van der Waals surface area contributed by atoms with Crippen molar-refractivity contribution in [2.45, 2.75) is 19.1 Å². The van der Waals surface area contributed by atoms with Gasteiger partial charge in [0.2, 0.25) is 0 Å². The highest BCUT2D eigenvalue weighted by Crippen LogP contribution is 2.32. The number of aliphatic hydroxyl groups excluding tert-OH is 2. The van der Waals surface area contributed by atoms with Crippen molar-refractivity contribution in [3.8, 4) is 5.75 Å². The first-order valence-corrected chi connectivity index (χ1v) is 5.29. The molecule has 0 aliphatic heterocycles. The molecule has 1 aromatic carbocycles. The zero-order chi connectivity index (χ0) is 12.3. The molecule has 0 radical (unpaired) electrons. The van der Waals surface area contributed by atoms with E-state index in [4.69, 9.17) is 22.1 Å². The van der Waals surface area contributed by atoms with Crippen LogP contribution in [0.5, 0.6) is 5.75 Å². The number of methoxy groups -OCH3 is 1. The monoisotopic (exact) mass is 245 g/mol. The van der Waals surface area contributed by atoms with Crippen molar-refractivity contribution >= 4 is 11.6 Å². The predicted molar refractivity (Wildman–Crippen MR) is 62.8 cm³/mol. The van der Waals surface area contributed by atoms with Crippen molar-refractivity contribution in [3.63, 3.8) is 0 Å². The maximum Gasteiger partial charge on any atom is 0.125 e. The van der Waals surface area contributed by atoms with Crippen LogP contribution in [0, 0.1) is 6.92 Å². The lowest BCUT2D eigenvalue weighted by molar-refractivity contribution is 0.0229. The first kappa shape index (κ1) is 13.3. The topological polar surface area (TPSA) is 75.7 Å². The average Bonchev–Trinajstić information content (AvgIpc) is 2.30. The Hall–Kier alpha value is -0.810. The first-order valence-electron chi connectivity index (χ1n) is 4.91. The number of halogens is 1. The Labute approximate surface area is 99.6 Å². The standard InChI is InChI=1S/C11H16ClNO3/c1-6-3-10(16-2)7(4-8(6)12)11(15)9(14)5-13/h3-4,9,11,14-15H,5,13H2,1-2H3. The Morgan fingerprint density at radius 3 is 2.56 bits per heavy atom. The number of rotatable bonds is 4.